The summed E-state index contributed by atoms with van der Waals surface area (Å²) >= 11 is 0. The maximum absolute atomic E-state index is 12.7. The van der Waals surface area contributed by atoms with Gasteiger partial charge < -0.3 is 9.47 Å². The van der Waals surface area contributed by atoms with Gasteiger partial charge in [-0.15, -0.1) is 0 Å². The molecule has 0 saturated carbocycles. The van der Waals surface area contributed by atoms with Crippen LogP contribution in [-0.4, -0.2) is 38.4 Å². The quantitative estimate of drug-likeness (QED) is 0.702. The zero-order valence-electron chi connectivity index (χ0n) is 15.4. The summed E-state index contributed by atoms with van der Waals surface area (Å²) < 4.78 is 2.22. The standard InChI is InChI=1S/C22H24N4O/c27-21(15-18-8-10-23-11-9-18)25-13-4-7-20(17-25)22-24-12-14-26(22)16-19-5-2-1-3-6-19/h1-3,5-6,8-12,14,20H,4,7,13,15-17H2. The van der Waals surface area contributed by atoms with E-state index >= 15 is 0 Å². The summed E-state index contributed by atoms with van der Waals surface area (Å²) in [6.45, 7) is 2.40. The normalized spacial score (nSPS) is 17.0. The van der Waals surface area contributed by atoms with Gasteiger partial charge in [0, 0.05) is 50.3 Å². The van der Waals surface area contributed by atoms with Crippen LogP contribution in [0.4, 0.5) is 0 Å². The van der Waals surface area contributed by atoms with E-state index in [9.17, 15) is 4.79 Å². The number of benzene rings is 1. The molecule has 27 heavy (non-hydrogen) atoms. The number of likely N-dealkylation sites (tertiary alicyclic amines) is 1. The van der Waals surface area contributed by atoms with Gasteiger partial charge in [-0.3, -0.25) is 9.78 Å². The second-order valence-electron chi connectivity index (χ2n) is 7.11. The zero-order chi connectivity index (χ0) is 18.5. The summed E-state index contributed by atoms with van der Waals surface area (Å²) in [5.74, 6) is 1.56. The van der Waals surface area contributed by atoms with E-state index in [1.807, 2.05) is 35.5 Å². The predicted molar refractivity (Wildman–Crippen MR) is 104 cm³/mol. The van der Waals surface area contributed by atoms with Crippen molar-refractivity contribution < 1.29 is 4.79 Å². The van der Waals surface area contributed by atoms with E-state index < -0.39 is 0 Å². The SMILES string of the molecule is O=C(Cc1ccncc1)N1CCCC(c2nccn2Cc2ccccc2)C1. The molecule has 1 aliphatic rings. The van der Waals surface area contributed by atoms with Crippen molar-refractivity contribution in [3.05, 3.63) is 84.2 Å². The van der Waals surface area contributed by atoms with Crippen molar-refractivity contribution in [3.8, 4) is 0 Å². The van der Waals surface area contributed by atoms with Crippen LogP contribution in [0.15, 0.2) is 67.3 Å². The molecule has 0 N–H and O–H groups in total. The monoisotopic (exact) mass is 360 g/mol. The maximum Gasteiger partial charge on any atom is 0.227 e. The van der Waals surface area contributed by atoms with Crippen LogP contribution in [0.5, 0.6) is 0 Å². The minimum absolute atomic E-state index is 0.187. The van der Waals surface area contributed by atoms with Crippen molar-refractivity contribution >= 4 is 5.91 Å². The van der Waals surface area contributed by atoms with Crippen LogP contribution in [0.2, 0.25) is 0 Å². The first-order valence-corrected chi connectivity index (χ1v) is 9.51. The topological polar surface area (TPSA) is 51.0 Å². The maximum atomic E-state index is 12.7. The van der Waals surface area contributed by atoms with E-state index in [0.29, 0.717) is 12.3 Å². The van der Waals surface area contributed by atoms with Gasteiger partial charge in [0.05, 0.1) is 6.42 Å². The first kappa shape index (κ1) is 17.5. The van der Waals surface area contributed by atoms with E-state index in [1.165, 1.54) is 5.56 Å². The van der Waals surface area contributed by atoms with Crippen LogP contribution in [0.1, 0.15) is 35.7 Å². The molecule has 0 bridgehead atoms. The smallest absolute Gasteiger partial charge is 0.227 e. The molecule has 1 saturated heterocycles. The zero-order valence-corrected chi connectivity index (χ0v) is 15.4. The van der Waals surface area contributed by atoms with Gasteiger partial charge in [0.1, 0.15) is 5.82 Å². The lowest BCUT2D eigenvalue weighted by atomic mass is 9.96. The van der Waals surface area contributed by atoms with Crippen LogP contribution in [0.25, 0.3) is 0 Å². The second kappa shape index (κ2) is 8.16. The van der Waals surface area contributed by atoms with Crippen LogP contribution < -0.4 is 0 Å². The van der Waals surface area contributed by atoms with Crippen molar-refractivity contribution in [1.29, 1.82) is 0 Å². The number of aromatic nitrogens is 3. The van der Waals surface area contributed by atoms with Gasteiger partial charge in [-0.1, -0.05) is 30.3 Å². The molecule has 138 valence electrons. The molecule has 1 amide bonds. The van der Waals surface area contributed by atoms with E-state index in [4.69, 9.17) is 0 Å². The summed E-state index contributed by atoms with van der Waals surface area (Å²) in [4.78, 5) is 23.4. The molecule has 1 unspecified atom stereocenters. The number of amides is 1. The lowest BCUT2D eigenvalue weighted by Crippen LogP contribution is -2.40. The van der Waals surface area contributed by atoms with E-state index in [2.05, 4.69) is 38.8 Å². The highest BCUT2D eigenvalue weighted by atomic mass is 16.2. The molecule has 2 aromatic heterocycles. The Morgan fingerprint density at radius 3 is 2.67 bits per heavy atom. The van der Waals surface area contributed by atoms with Gasteiger partial charge >= 0.3 is 0 Å². The molecule has 5 nitrogen and oxygen atoms in total. The van der Waals surface area contributed by atoms with Gasteiger partial charge in [-0.05, 0) is 36.1 Å². The summed E-state index contributed by atoms with van der Waals surface area (Å²) in [5.41, 5.74) is 2.28. The van der Waals surface area contributed by atoms with Crippen LogP contribution in [0.3, 0.4) is 0 Å². The number of carbonyl (C=O) groups is 1. The van der Waals surface area contributed by atoms with Crippen molar-refractivity contribution in [1.82, 2.24) is 19.4 Å². The third kappa shape index (κ3) is 4.25. The fraction of sp³-hybridized carbons (Fsp3) is 0.318. The summed E-state index contributed by atoms with van der Waals surface area (Å²) in [6, 6.07) is 14.2. The molecule has 3 heterocycles. The third-order valence-electron chi connectivity index (χ3n) is 5.19. The molecule has 0 spiro atoms. The number of imidazole rings is 1. The lowest BCUT2D eigenvalue weighted by Gasteiger charge is -2.33. The van der Waals surface area contributed by atoms with E-state index in [0.717, 1.165) is 43.9 Å². The molecule has 4 rings (SSSR count). The Bertz CT molecular complexity index is 876. The Kier molecular flexibility index (Phi) is 5.28. The molecule has 3 aromatic rings. The van der Waals surface area contributed by atoms with Gasteiger partial charge in [0.25, 0.3) is 0 Å². The molecule has 5 heteroatoms. The Morgan fingerprint density at radius 1 is 1.04 bits per heavy atom. The molecule has 0 aliphatic carbocycles. The van der Waals surface area contributed by atoms with Crippen LogP contribution >= 0.6 is 0 Å². The Hall–Kier alpha value is -2.95. The number of hydrogen-bond donors (Lipinski definition) is 0. The summed E-state index contributed by atoms with van der Waals surface area (Å²) in [5, 5.41) is 0. The molecular formula is C22H24N4O. The highest BCUT2D eigenvalue weighted by Crippen LogP contribution is 2.26. The molecule has 1 aromatic carbocycles. The number of rotatable bonds is 5. The van der Waals surface area contributed by atoms with Gasteiger partial charge in [0.2, 0.25) is 5.91 Å². The largest absolute Gasteiger partial charge is 0.342 e. The van der Waals surface area contributed by atoms with Crippen LogP contribution in [0, 0.1) is 0 Å². The van der Waals surface area contributed by atoms with Crippen molar-refractivity contribution in [2.75, 3.05) is 13.1 Å². The molecular weight excluding hydrogens is 336 g/mol. The molecule has 1 aliphatic heterocycles. The molecule has 1 fully saturated rings. The number of piperidine rings is 1. The van der Waals surface area contributed by atoms with Crippen LogP contribution in [-0.2, 0) is 17.8 Å². The third-order valence-corrected chi connectivity index (χ3v) is 5.19. The number of carbonyl (C=O) groups excluding carboxylic acids is 1. The Balaban J connectivity index is 1.44. The van der Waals surface area contributed by atoms with Crippen molar-refractivity contribution in [2.24, 2.45) is 0 Å². The number of nitrogens with zero attached hydrogens (tertiary/aromatic N) is 4. The average Bonchev–Trinajstić information content (AvgIpc) is 3.18. The minimum Gasteiger partial charge on any atom is -0.342 e. The fourth-order valence-electron chi connectivity index (χ4n) is 3.80. The average molecular weight is 360 g/mol. The molecule has 0 radical (unpaired) electrons. The Labute approximate surface area is 159 Å². The number of hydrogen-bond acceptors (Lipinski definition) is 3. The van der Waals surface area contributed by atoms with Gasteiger partial charge in [0.15, 0.2) is 0 Å². The summed E-state index contributed by atoms with van der Waals surface area (Å²) in [6.07, 6.45) is 9.92. The van der Waals surface area contributed by atoms with E-state index in [-0.39, 0.29) is 5.91 Å². The first-order valence-electron chi connectivity index (χ1n) is 9.51. The molecule has 1 atom stereocenters. The second-order valence-corrected chi connectivity index (χ2v) is 7.11. The van der Waals surface area contributed by atoms with E-state index in [1.54, 1.807) is 12.4 Å². The number of pyridine rings is 1. The minimum atomic E-state index is 0.187. The highest BCUT2D eigenvalue weighted by molar-refractivity contribution is 5.78. The summed E-state index contributed by atoms with van der Waals surface area (Å²) in [7, 11) is 0. The highest BCUT2D eigenvalue weighted by Gasteiger charge is 2.27. The Morgan fingerprint density at radius 2 is 1.85 bits per heavy atom. The fourth-order valence-corrected chi connectivity index (χ4v) is 3.80. The first-order chi connectivity index (χ1) is 13.3. The van der Waals surface area contributed by atoms with Gasteiger partial charge in [-0.2, -0.15) is 0 Å². The van der Waals surface area contributed by atoms with Crippen molar-refractivity contribution in [3.63, 3.8) is 0 Å². The predicted octanol–water partition coefficient (Wildman–Crippen LogP) is 3.28. The van der Waals surface area contributed by atoms with Gasteiger partial charge in [-0.25, -0.2) is 4.98 Å². The lowest BCUT2D eigenvalue weighted by molar-refractivity contribution is -0.131. The van der Waals surface area contributed by atoms with Crippen molar-refractivity contribution in [2.45, 2.75) is 31.7 Å².